The monoisotopic (exact) mass is 434 g/mol. The maximum absolute atomic E-state index is 13.3. The molecule has 7 heteroatoms. The van der Waals surface area contributed by atoms with Gasteiger partial charge in [0.15, 0.2) is 0 Å². The number of aromatic nitrogens is 2. The summed E-state index contributed by atoms with van der Waals surface area (Å²) in [6.45, 7) is 6.38. The molecule has 32 heavy (non-hydrogen) atoms. The van der Waals surface area contributed by atoms with Crippen LogP contribution in [0.1, 0.15) is 66.8 Å². The maximum Gasteiger partial charge on any atom is 0.259 e. The first-order valence-electron chi connectivity index (χ1n) is 11.0. The first-order chi connectivity index (χ1) is 15.1. The SMILES string of the molecule is CN(C)C(=O)Cc1ccc(NC(=O)c2cc(C3CC3)nc3onc(CC(C)(C)C)c23)cc1. The number of pyridine rings is 1. The Morgan fingerprint density at radius 2 is 1.84 bits per heavy atom. The zero-order valence-electron chi connectivity index (χ0n) is 19.4. The number of nitrogens with one attached hydrogen (secondary N) is 1. The van der Waals surface area contributed by atoms with Gasteiger partial charge in [0, 0.05) is 31.4 Å². The number of hydrogen-bond acceptors (Lipinski definition) is 5. The Kier molecular flexibility index (Phi) is 5.75. The van der Waals surface area contributed by atoms with Crippen molar-refractivity contribution in [3.05, 3.63) is 52.8 Å². The Morgan fingerprint density at radius 1 is 1.16 bits per heavy atom. The molecule has 0 unspecified atom stereocenters. The quantitative estimate of drug-likeness (QED) is 0.614. The highest BCUT2D eigenvalue weighted by atomic mass is 16.5. The van der Waals surface area contributed by atoms with E-state index in [0.717, 1.165) is 29.8 Å². The van der Waals surface area contributed by atoms with Crippen LogP contribution in [-0.4, -0.2) is 41.0 Å². The van der Waals surface area contributed by atoms with Crippen molar-refractivity contribution in [2.75, 3.05) is 19.4 Å². The molecule has 0 saturated heterocycles. The molecule has 1 fully saturated rings. The van der Waals surface area contributed by atoms with Crippen molar-refractivity contribution in [3.8, 4) is 0 Å². The van der Waals surface area contributed by atoms with Crippen LogP contribution in [0, 0.1) is 5.41 Å². The predicted molar refractivity (Wildman–Crippen MR) is 124 cm³/mol. The van der Waals surface area contributed by atoms with Crippen LogP contribution in [0.2, 0.25) is 0 Å². The van der Waals surface area contributed by atoms with Crippen LogP contribution in [0.15, 0.2) is 34.9 Å². The van der Waals surface area contributed by atoms with Gasteiger partial charge in [-0.2, -0.15) is 0 Å². The van der Waals surface area contributed by atoms with Crippen LogP contribution in [0.5, 0.6) is 0 Å². The van der Waals surface area contributed by atoms with Crippen LogP contribution in [-0.2, 0) is 17.6 Å². The smallest absolute Gasteiger partial charge is 0.259 e. The van der Waals surface area contributed by atoms with Crippen molar-refractivity contribution >= 4 is 28.6 Å². The number of carbonyl (C=O) groups excluding carboxylic acids is 2. The van der Waals surface area contributed by atoms with E-state index in [1.807, 2.05) is 30.3 Å². The Bertz CT molecular complexity index is 1150. The number of anilines is 1. The molecule has 0 radical (unpaired) electrons. The molecule has 4 rings (SSSR count). The van der Waals surface area contributed by atoms with E-state index in [-0.39, 0.29) is 17.2 Å². The number of amides is 2. The van der Waals surface area contributed by atoms with Gasteiger partial charge in [0.2, 0.25) is 5.91 Å². The lowest BCUT2D eigenvalue weighted by atomic mass is 9.89. The fourth-order valence-corrected chi connectivity index (χ4v) is 3.66. The third-order valence-electron chi connectivity index (χ3n) is 5.54. The van der Waals surface area contributed by atoms with E-state index in [1.54, 1.807) is 19.0 Å². The average Bonchev–Trinajstić information content (AvgIpc) is 3.50. The highest BCUT2D eigenvalue weighted by molar-refractivity contribution is 6.12. The molecule has 0 spiro atoms. The van der Waals surface area contributed by atoms with Gasteiger partial charge in [-0.05, 0) is 48.4 Å². The van der Waals surface area contributed by atoms with Gasteiger partial charge in [-0.3, -0.25) is 9.59 Å². The molecule has 168 valence electrons. The number of rotatable bonds is 6. The van der Waals surface area contributed by atoms with Gasteiger partial charge in [-0.15, -0.1) is 0 Å². The predicted octanol–water partition coefficient (Wildman–Crippen LogP) is 4.57. The van der Waals surface area contributed by atoms with Crippen LogP contribution in [0.3, 0.4) is 0 Å². The molecule has 1 aliphatic carbocycles. The lowest BCUT2D eigenvalue weighted by Crippen LogP contribution is -2.23. The molecule has 0 atom stereocenters. The topological polar surface area (TPSA) is 88.3 Å². The number of hydrogen-bond donors (Lipinski definition) is 1. The van der Waals surface area contributed by atoms with E-state index in [9.17, 15) is 9.59 Å². The van der Waals surface area contributed by atoms with E-state index >= 15 is 0 Å². The second-order valence-corrected chi connectivity index (χ2v) is 10.0. The van der Waals surface area contributed by atoms with Crippen molar-refractivity contribution in [2.45, 2.75) is 52.4 Å². The molecule has 2 aromatic heterocycles. The molecule has 2 heterocycles. The molecule has 2 amide bonds. The van der Waals surface area contributed by atoms with Gasteiger partial charge in [-0.1, -0.05) is 38.1 Å². The maximum atomic E-state index is 13.3. The van der Waals surface area contributed by atoms with E-state index in [0.29, 0.717) is 41.1 Å². The van der Waals surface area contributed by atoms with Gasteiger partial charge < -0.3 is 14.7 Å². The Hall–Kier alpha value is -3.22. The molecule has 1 aliphatic rings. The Labute approximate surface area is 188 Å². The lowest BCUT2D eigenvalue weighted by Gasteiger charge is -2.16. The molecular formula is C25H30N4O3. The summed E-state index contributed by atoms with van der Waals surface area (Å²) >= 11 is 0. The standard InChI is InChI=1S/C25H30N4O3/c1-25(2,3)14-20-22-18(13-19(16-8-9-16)27-24(22)32-28-20)23(31)26-17-10-6-15(7-11-17)12-21(30)29(4)5/h6-7,10-11,13,16H,8-9,12,14H2,1-5H3,(H,26,31). The zero-order valence-corrected chi connectivity index (χ0v) is 19.4. The van der Waals surface area contributed by atoms with Gasteiger partial charge in [-0.25, -0.2) is 4.98 Å². The third kappa shape index (κ3) is 4.98. The molecule has 0 aliphatic heterocycles. The fraction of sp³-hybridized carbons (Fsp3) is 0.440. The molecular weight excluding hydrogens is 404 g/mol. The summed E-state index contributed by atoms with van der Waals surface area (Å²) in [5.41, 5.74) is 4.18. The summed E-state index contributed by atoms with van der Waals surface area (Å²) in [6, 6.07) is 9.25. The Morgan fingerprint density at radius 3 is 2.44 bits per heavy atom. The number of likely N-dealkylation sites (N-methyl/N-ethyl adjacent to an activating group) is 1. The summed E-state index contributed by atoms with van der Waals surface area (Å²) in [4.78, 5) is 31.5. The summed E-state index contributed by atoms with van der Waals surface area (Å²) in [5, 5.41) is 7.93. The van der Waals surface area contributed by atoms with Crippen LogP contribution in [0.25, 0.3) is 11.1 Å². The van der Waals surface area contributed by atoms with E-state index in [2.05, 4.69) is 36.2 Å². The molecule has 0 bridgehead atoms. The molecule has 1 aromatic carbocycles. The Balaban J connectivity index is 1.62. The largest absolute Gasteiger partial charge is 0.349 e. The van der Waals surface area contributed by atoms with Gasteiger partial charge in [0.1, 0.15) is 0 Å². The van der Waals surface area contributed by atoms with Crippen LogP contribution >= 0.6 is 0 Å². The van der Waals surface area contributed by atoms with Crippen molar-refractivity contribution in [3.63, 3.8) is 0 Å². The highest BCUT2D eigenvalue weighted by Crippen LogP contribution is 2.41. The van der Waals surface area contributed by atoms with Gasteiger partial charge >= 0.3 is 0 Å². The first-order valence-corrected chi connectivity index (χ1v) is 11.0. The second kappa shape index (κ2) is 8.37. The average molecular weight is 435 g/mol. The van der Waals surface area contributed by atoms with E-state index < -0.39 is 0 Å². The van der Waals surface area contributed by atoms with Crippen molar-refractivity contribution < 1.29 is 14.1 Å². The molecule has 7 nitrogen and oxygen atoms in total. The van der Waals surface area contributed by atoms with Crippen LogP contribution in [0.4, 0.5) is 5.69 Å². The van der Waals surface area contributed by atoms with Crippen LogP contribution < -0.4 is 5.32 Å². The van der Waals surface area contributed by atoms with E-state index in [1.165, 1.54) is 0 Å². The number of benzene rings is 1. The zero-order chi connectivity index (χ0) is 23.0. The minimum atomic E-state index is -0.213. The highest BCUT2D eigenvalue weighted by Gasteiger charge is 2.30. The normalized spacial score (nSPS) is 13.9. The molecule has 1 saturated carbocycles. The van der Waals surface area contributed by atoms with E-state index in [4.69, 9.17) is 4.52 Å². The van der Waals surface area contributed by atoms with Crippen molar-refractivity contribution in [1.82, 2.24) is 15.0 Å². The second-order valence-electron chi connectivity index (χ2n) is 10.0. The van der Waals surface area contributed by atoms with Gasteiger partial charge in [0.25, 0.3) is 11.6 Å². The van der Waals surface area contributed by atoms with Gasteiger partial charge in [0.05, 0.1) is 23.1 Å². The third-order valence-corrected chi connectivity index (χ3v) is 5.54. The summed E-state index contributed by atoms with van der Waals surface area (Å²) in [6.07, 6.45) is 3.17. The van der Waals surface area contributed by atoms with Crippen molar-refractivity contribution in [1.29, 1.82) is 0 Å². The fourth-order valence-electron chi connectivity index (χ4n) is 3.66. The van der Waals surface area contributed by atoms with Crippen molar-refractivity contribution in [2.24, 2.45) is 5.41 Å². The number of carbonyl (C=O) groups is 2. The molecule has 3 aromatic rings. The summed E-state index contributed by atoms with van der Waals surface area (Å²) < 4.78 is 5.55. The summed E-state index contributed by atoms with van der Waals surface area (Å²) in [5.74, 6) is 0.206. The summed E-state index contributed by atoms with van der Waals surface area (Å²) in [7, 11) is 3.47. The lowest BCUT2D eigenvalue weighted by molar-refractivity contribution is -0.127. The first kappa shape index (κ1) is 22.0. The minimum absolute atomic E-state index is 0.00740. The number of fused-ring (bicyclic) bond motifs is 1. The number of nitrogens with zero attached hydrogens (tertiary/aromatic N) is 3. The minimum Gasteiger partial charge on any atom is -0.349 e. The molecule has 1 N–H and O–H groups in total.